The van der Waals surface area contributed by atoms with Gasteiger partial charge >= 0.3 is 0 Å². The van der Waals surface area contributed by atoms with Crippen molar-refractivity contribution in [2.75, 3.05) is 20.2 Å². The summed E-state index contributed by atoms with van der Waals surface area (Å²) < 4.78 is 30.8. The van der Waals surface area contributed by atoms with Gasteiger partial charge in [0.1, 0.15) is 6.61 Å². The molecule has 0 amide bonds. The van der Waals surface area contributed by atoms with Crippen LogP contribution in [-0.4, -0.2) is 32.2 Å². The van der Waals surface area contributed by atoms with Crippen LogP contribution in [0, 0.1) is 0 Å². The van der Waals surface area contributed by atoms with Crippen LogP contribution in [0.15, 0.2) is 25.3 Å². The number of nitrogens with one attached hydrogen (secondary N) is 1. The zero-order chi connectivity index (χ0) is 11.0. The molecule has 4 heteroatoms. The lowest BCUT2D eigenvalue weighted by Crippen LogP contribution is -2.36. The standard InChI is InChI=1S/C10H17F2NO/c1-4-6-9(5-2)14-8-10(11,12)7-13-3/h4-5,9,13H,1-2,6-8H2,3H3. The van der Waals surface area contributed by atoms with Gasteiger partial charge < -0.3 is 10.1 Å². The summed E-state index contributed by atoms with van der Waals surface area (Å²) in [5.41, 5.74) is 0. The lowest BCUT2D eigenvalue weighted by Gasteiger charge is -2.19. The number of halogens is 2. The second-order valence-corrected chi connectivity index (χ2v) is 3.00. The van der Waals surface area contributed by atoms with E-state index in [2.05, 4.69) is 18.5 Å². The van der Waals surface area contributed by atoms with Crippen LogP contribution in [0.3, 0.4) is 0 Å². The van der Waals surface area contributed by atoms with Gasteiger partial charge in [-0.05, 0) is 13.5 Å². The molecule has 0 aliphatic carbocycles. The van der Waals surface area contributed by atoms with Crippen LogP contribution < -0.4 is 5.32 Å². The Morgan fingerprint density at radius 1 is 1.50 bits per heavy atom. The van der Waals surface area contributed by atoms with Gasteiger partial charge in [-0.3, -0.25) is 0 Å². The van der Waals surface area contributed by atoms with E-state index in [1.54, 1.807) is 6.08 Å². The molecule has 0 aromatic heterocycles. The Labute approximate surface area is 83.6 Å². The lowest BCUT2D eigenvalue weighted by molar-refractivity contribution is -0.0863. The largest absolute Gasteiger partial charge is 0.368 e. The molecule has 1 N–H and O–H groups in total. The highest BCUT2D eigenvalue weighted by Gasteiger charge is 2.28. The number of ether oxygens (including phenoxy) is 1. The van der Waals surface area contributed by atoms with Gasteiger partial charge in [0.05, 0.1) is 12.6 Å². The first-order chi connectivity index (χ1) is 6.55. The van der Waals surface area contributed by atoms with E-state index in [0.29, 0.717) is 6.42 Å². The molecule has 0 rings (SSSR count). The molecule has 14 heavy (non-hydrogen) atoms. The molecule has 0 spiro atoms. The Morgan fingerprint density at radius 2 is 2.14 bits per heavy atom. The molecule has 0 saturated carbocycles. The van der Waals surface area contributed by atoms with Gasteiger partial charge in [-0.1, -0.05) is 12.2 Å². The van der Waals surface area contributed by atoms with Crippen molar-refractivity contribution in [3.63, 3.8) is 0 Å². The summed E-state index contributed by atoms with van der Waals surface area (Å²) >= 11 is 0. The fraction of sp³-hybridized carbons (Fsp3) is 0.600. The summed E-state index contributed by atoms with van der Waals surface area (Å²) in [5, 5.41) is 2.41. The van der Waals surface area contributed by atoms with E-state index >= 15 is 0 Å². The minimum Gasteiger partial charge on any atom is -0.368 e. The van der Waals surface area contributed by atoms with Crippen LogP contribution in [0.4, 0.5) is 8.78 Å². The Balaban J connectivity index is 3.88. The SMILES string of the molecule is C=CCC(C=C)OCC(F)(F)CNC. The van der Waals surface area contributed by atoms with Crippen LogP contribution in [0.1, 0.15) is 6.42 Å². The summed E-state index contributed by atoms with van der Waals surface area (Å²) in [6, 6.07) is 0. The van der Waals surface area contributed by atoms with Gasteiger partial charge in [-0.2, -0.15) is 0 Å². The maximum atomic E-state index is 12.9. The molecule has 0 aromatic carbocycles. The van der Waals surface area contributed by atoms with Crippen LogP contribution in [0.2, 0.25) is 0 Å². The van der Waals surface area contributed by atoms with Crippen molar-refractivity contribution in [3.05, 3.63) is 25.3 Å². The molecular weight excluding hydrogens is 188 g/mol. The van der Waals surface area contributed by atoms with Crippen LogP contribution >= 0.6 is 0 Å². The Kier molecular flexibility index (Phi) is 6.32. The highest BCUT2D eigenvalue weighted by Crippen LogP contribution is 2.14. The van der Waals surface area contributed by atoms with E-state index < -0.39 is 12.5 Å². The Hall–Kier alpha value is -0.740. The summed E-state index contributed by atoms with van der Waals surface area (Å²) in [7, 11) is 1.47. The topological polar surface area (TPSA) is 21.3 Å². The predicted octanol–water partition coefficient (Wildman–Crippen LogP) is 1.99. The van der Waals surface area contributed by atoms with E-state index in [1.165, 1.54) is 13.1 Å². The molecule has 0 saturated heterocycles. The van der Waals surface area contributed by atoms with Crippen molar-refractivity contribution in [3.8, 4) is 0 Å². The third kappa shape index (κ3) is 5.83. The molecule has 1 atom stereocenters. The van der Waals surface area contributed by atoms with Crippen molar-refractivity contribution in [1.82, 2.24) is 5.32 Å². The molecule has 0 bridgehead atoms. The first-order valence-corrected chi connectivity index (χ1v) is 4.43. The van der Waals surface area contributed by atoms with Crippen LogP contribution in [-0.2, 0) is 4.74 Å². The second kappa shape index (κ2) is 6.68. The molecule has 0 aromatic rings. The van der Waals surface area contributed by atoms with Crippen molar-refractivity contribution in [2.45, 2.75) is 18.4 Å². The normalized spacial score (nSPS) is 13.6. The average Bonchev–Trinajstić information content (AvgIpc) is 2.12. The van der Waals surface area contributed by atoms with E-state index in [4.69, 9.17) is 4.74 Å². The zero-order valence-corrected chi connectivity index (χ0v) is 8.43. The molecule has 0 heterocycles. The summed E-state index contributed by atoms with van der Waals surface area (Å²) in [5.74, 6) is -2.84. The Bertz CT molecular complexity index is 183. The van der Waals surface area contributed by atoms with Crippen LogP contribution in [0.25, 0.3) is 0 Å². The lowest BCUT2D eigenvalue weighted by atomic mass is 10.2. The second-order valence-electron chi connectivity index (χ2n) is 3.00. The first-order valence-electron chi connectivity index (χ1n) is 4.43. The minimum absolute atomic E-state index is 0.379. The highest BCUT2D eigenvalue weighted by molar-refractivity contribution is 4.86. The van der Waals surface area contributed by atoms with Gasteiger partial charge in [0.2, 0.25) is 0 Å². The number of hydrogen-bond donors (Lipinski definition) is 1. The van der Waals surface area contributed by atoms with Crippen molar-refractivity contribution < 1.29 is 13.5 Å². The third-order valence-corrected chi connectivity index (χ3v) is 1.61. The van der Waals surface area contributed by atoms with Crippen molar-refractivity contribution >= 4 is 0 Å². The molecule has 2 nitrogen and oxygen atoms in total. The van der Waals surface area contributed by atoms with Gasteiger partial charge in [0.15, 0.2) is 0 Å². The molecule has 1 unspecified atom stereocenters. The number of alkyl halides is 2. The molecule has 0 aliphatic heterocycles. The van der Waals surface area contributed by atoms with E-state index in [0.717, 1.165) is 0 Å². The van der Waals surface area contributed by atoms with E-state index in [9.17, 15) is 8.78 Å². The van der Waals surface area contributed by atoms with Gasteiger partial charge in [0, 0.05) is 0 Å². The van der Waals surface area contributed by atoms with Crippen molar-refractivity contribution in [1.29, 1.82) is 0 Å². The number of hydrogen-bond acceptors (Lipinski definition) is 2. The summed E-state index contributed by atoms with van der Waals surface area (Å²) in [6.45, 7) is 6.01. The molecule has 0 aliphatic rings. The predicted molar refractivity (Wildman–Crippen MR) is 53.6 cm³/mol. The fourth-order valence-corrected chi connectivity index (χ4v) is 0.935. The Morgan fingerprint density at radius 3 is 2.57 bits per heavy atom. The quantitative estimate of drug-likeness (QED) is 0.612. The maximum Gasteiger partial charge on any atom is 0.283 e. The van der Waals surface area contributed by atoms with Gasteiger partial charge in [-0.15, -0.1) is 13.2 Å². The first kappa shape index (κ1) is 13.3. The zero-order valence-electron chi connectivity index (χ0n) is 8.43. The van der Waals surface area contributed by atoms with Crippen LogP contribution in [0.5, 0.6) is 0 Å². The molecule has 82 valence electrons. The minimum atomic E-state index is -2.84. The molecule has 0 fully saturated rings. The third-order valence-electron chi connectivity index (χ3n) is 1.61. The van der Waals surface area contributed by atoms with Gasteiger partial charge in [0.25, 0.3) is 5.92 Å². The number of rotatable bonds is 8. The monoisotopic (exact) mass is 205 g/mol. The summed E-state index contributed by atoms with van der Waals surface area (Å²) in [6.07, 6.45) is 3.23. The summed E-state index contributed by atoms with van der Waals surface area (Å²) in [4.78, 5) is 0. The van der Waals surface area contributed by atoms with Crippen molar-refractivity contribution in [2.24, 2.45) is 0 Å². The highest BCUT2D eigenvalue weighted by atomic mass is 19.3. The fourth-order valence-electron chi connectivity index (χ4n) is 0.935. The smallest absolute Gasteiger partial charge is 0.283 e. The van der Waals surface area contributed by atoms with Gasteiger partial charge in [-0.25, -0.2) is 8.78 Å². The molecular formula is C10H17F2NO. The van der Waals surface area contributed by atoms with E-state index in [1.807, 2.05) is 0 Å². The average molecular weight is 205 g/mol. The van der Waals surface area contributed by atoms with E-state index in [-0.39, 0.29) is 12.6 Å². The maximum absolute atomic E-state index is 12.9. The molecule has 0 radical (unpaired) electrons.